The Morgan fingerprint density at radius 2 is 2.00 bits per heavy atom. The Kier molecular flexibility index (Phi) is 5.16. The summed E-state index contributed by atoms with van der Waals surface area (Å²) in [6.07, 6.45) is 1.70. The molecule has 0 aliphatic heterocycles. The molecule has 1 N–H and O–H groups in total. The van der Waals surface area contributed by atoms with Crippen molar-refractivity contribution >= 4 is 0 Å². The first-order chi connectivity index (χ1) is 10.2. The number of nitrogens with one attached hydrogen (secondary N) is 1. The normalized spacial score (nSPS) is 12.2. The van der Waals surface area contributed by atoms with E-state index in [1.54, 1.807) is 14.2 Å². The number of methoxy groups -OCH3 is 2. The Hall–Kier alpha value is -2.08. The zero-order chi connectivity index (χ0) is 15.2. The predicted molar refractivity (Wildman–Crippen MR) is 79.7 cm³/mol. The fraction of sp³-hybridized carbons (Fsp3) is 0.467. The molecule has 0 aliphatic rings. The van der Waals surface area contributed by atoms with E-state index in [0.717, 1.165) is 18.4 Å². The summed E-state index contributed by atoms with van der Waals surface area (Å²) >= 11 is 0. The topological polar surface area (TPSA) is 69.4 Å². The smallest absolute Gasteiger partial charge is 0.227 e. The summed E-state index contributed by atoms with van der Waals surface area (Å²) in [6, 6.07) is 5.96. The molecular weight excluding hydrogens is 270 g/mol. The van der Waals surface area contributed by atoms with Crippen LogP contribution in [0.2, 0.25) is 0 Å². The summed E-state index contributed by atoms with van der Waals surface area (Å²) in [7, 11) is 5.14. The maximum Gasteiger partial charge on any atom is 0.227 e. The quantitative estimate of drug-likeness (QED) is 0.844. The van der Waals surface area contributed by atoms with E-state index < -0.39 is 0 Å². The fourth-order valence-corrected chi connectivity index (χ4v) is 1.93. The molecule has 0 amide bonds. The number of benzene rings is 1. The van der Waals surface area contributed by atoms with Gasteiger partial charge in [0.1, 0.15) is 0 Å². The zero-order valence-corrected chi connectivity index (χ0v) is 12.8. The molecule has 1 unspecified atom stereocenters. The van der Waals surface area contributed by atoms with E-state index in [-0.39, 0.29) is 0 Å². The van der Waals surface area contributed by atoms with Gasteiger partial charge >= 0.3 is 0 Å². The summed E-state index contributed by atoms with van der Waals surface area (Å²) in [4.78, 5) is 4.42. The lowest BCUT2D eigenvalue weighted by molar-refractivity contribution is 0.355. The average Bonchev–Trinajstić information content (AvgIpc) is 3.00. The Morgan fingerprint density at radius 3 is 2.67 bits per heavy atom. The fourth-order valence-electron chi connectivity index (χ4n) is 1.93. The van der Waals surface area contributed by atoms with Gasteiger partial charge in [0.2, 0.25) is 11.7 Å². The lowest BCUT2D eigenvalue weighted by Crippen LogP contribution is -2.21. The highest BCUT2D eigenvalue weighted by Gasteiger charge is 2.12. The third-order valence-corrected chi connectivity index (χ3v) is 3.39. The van der Waals surface area contributed by atoms with Crippen LogP contribution in [0.4, 0.5) is 0 Å². The van der Waals surface area contributed by atoms with Crippen molar-refractivity contribution in [3.8, 4) is 22.9 Å². The molecule has 0 bridgehead atoms. The van der Waals surface area contributed by atoms with Crippen molar-refractivity contribution in [1.82, 2.24) is 15.5 Å². The van der Waals surface area contributed by atoms with E-state index in [4.69, 9.17) is 14.0 Å². The second-order valence-corrected chi connectivity index (χ2v) is 4.81. The number of nitrogens with zero attached hydrogens (tertiary/aromatic N) is 2. The van der Waals surface area contributed by atoms with Crippen molar-refractivity contribution in [1.29, 1.82) is 0 Å². The monoisotopic (exact) mass is 291 g/mol. The van der Waals surface area contributed by atoms with Gasteiger partial charge in [-0.3, -0.25) is 0 Å². The summed E-state index contributed by atoms with van der Waals surface area (Å²) in [5.41, 5.74) is 0.837. The van der Waals surface area contributed by atoms with Crippen LogP contribution in [0, 0.1) is 0 Å². The van der Waals surface area contributed by atoms with Crippen molar-refractivity contribution < 1.29 is 14.0 Å². The van der Waals surface area contributed by atoms with Crippen molar-refractivity contribution in [2.75, 3.05) is 21.3 Å². The van der Waals surface area contributed by atoms with Crippen LogP contribution < -0.4 is 14.8 Å². The molecule has 6 heteroatoms. The maximum atomic E-state index is 5.28. The van der Waals surface area contributed by atoms with Gasteiger partial charge in [-0.05, 0) is 38.6 Å². The highest BCUT2D eigenvalue weighted by molar-refractivity contribution is 5.60. The van der Waals surface area contributed by atoms with Crippen LogP contribution in [0.3, 0.4) is 0 Å². The minimum Gasteiger partial charge on any atom is -0.493 e. The largest absolute Gasteiger partial charge is 0.493 e. The van der Waals surface area contributed by atoms with Crippen LogP contribution in [-0.4, -0.2) is 37.4 Å². The van der Waals surface area contributed by atoms with E-state index in [0.29, 0.717) is 29.3 Å². The zero-order valence-electron chi connectivity index (χ0n) is 12.8. The number of rotatable bonds is 7. The highest BCUT2D eigenvalue weighted by Crippen LogP contribution is 2.31. The lowest BCUT2D eigenvalue weighted by atomic mass is 10.2. The molecule has 0 aliphatic carbocycles. The van der Waals surface area contributed by atoms with Gasteiger partial charge in [0.15, 0.2) is 11.5 Å². The van der Waals surface area contributed by atoms with Gasteiger partial charge in [0.05, 0.1) is 14.2 Å². The number of hydrogen-bond acceptors (Lipinski definition) is 6. The molecule has 6 nitrogen and oxygen atoms in total. The van der Waals surface area contributed by atoms with Gasteiger partial charge in [0.25, 0.3) is 0 Å². The third-order valence-electron chi connectivity index (χ3n) is 3.39. The van der Waals surface area contributed by atoms with E-state index in [1.165, 1.54) is 0 Å². The van der Waals surface area contributed by atoms with E-state index in [9.17, 15) is 0 Å². The average molecular weight is 291 g/mol. The lowest BCUT2D eigenvalue weighted by Gasteiger charge is -2.07. The van der Waals surface area contributed by atoms with Gasteiger partial charge in [-0.1, -0.05) is 5.16 Å². The number of ether oxygens (including phenoxy) is 2. The molecule has 21 heavy (non-hydrogen) atoms. The molecule has 1 heterocycles. The van der Waals surface area contributed by atoms with Crippen LogP contribution in [0.25, 0.3) is 11.4 Å². The molecule has 0 saturated carbocycles. The first kappa shape index (κ1) is 15.3. The Balaban J connectivity index is 2.14. The molecule has 0 fully saturated rings. The van der Waals surface area contributed by atoms with Gasteiger partial charge in [0, 0.05) is 18.0 Å². The Labute approximate surface area is 124 Å². The molecule has 2 aromatic rings. The van der Waals surface area contributed by atoms with Crippen molar-refractivity contribution in [3.05, 3.63) is 24.1 Å². The maximum absolute atomic E-state index is 5.28. The number of hydrogen-bond donors (Lipinski definition) is 1. The van der Waals surface area contributed by atoms with Crippen LogP contribution in [-0.2, 0) is 6.42 Å². The predicted octanol–water partition coefficient (Wildman–Crippen LogP) is 2.29. The Morgan fingerprint density at radius 1 is 1.24 bits per heavy atom. The van der Waals surface area contributed by atoms with Crippen LogP contribution in [0.5, 0.6) is 11.5 Å². The summed E-state index contributed by atoms with van der Waals surface area (Å²) in [5, 5.41) is 7.20. The highest BCUT2D eigenvalue weighted by atomic mass is 16.5. The van der Waals surface area contributed by atoms with Crippen molar-refractivity contribution in [3.63, 3.8) is 0 Å². The minimum absolute atomic E-state index is 0.418. The first-order valence-corrected chi connectivity index (χ1v) is 6.90. The standard InChI is InChI=1S/C15H21N3O3/c1-10(16-2)5-8-14-17-15(18-21-14)11-6-7-12(19-3)13(9-11)20-4/h6-7,9-10,16H,5,8H2,1-4H3. The molecule has 1 aromatic heterocycles. The number of aromatic nitrogens is 2. The molecule has 0 saturated heterocycles. The van der Waals surface area contributed by atoms with Gasteiger partial charge in [-0.25, -0.2) is 0 Å². The van der Waals surface area contributed by atoms with E-state index >= 15 is 0 Å². The van der Waals surface area contributed by atoms with Crippen molar-refractivity contribution in [2.24, 2.45) is 0 Å². The second-order valence-electron chi connectivity index (χ2n) is 4.81. The first-order valence-electron chi connectivity index (χ1n) is 6.90. The molecule has 1 aromatic carbocycles. The van der Waals surface area contributed by atoms with Crippen LogP contribution >= 0.6 is 0 Å². The van der Waals surface area contributed by atoms with Crippen molar-refractivity contribution in [2.45, 2.75) is 25.8 Å². The number of aryl methyl sites for hydroxylation is 1. The molecule has 1 atom stereocenters. The van der Waals surface area contributed by atoms with Gasteiger partial charge in [-0.2, -0.15) is 4.98 Å². The summed E-state index contributed by atoms with van der Waals surface area (Å²) < 4.78 is 15.8. The molecule has 0 spiro atoms. The van der Waals surface area contributed by atoms with Crippen LogP contribution in [0.1, 0.15) is 19.2 Å². The SMILES string of the molecule is CNC(C)CCc1nc(-c2ccc(OC)c(OC)c2)no1. The van der Waals surface area contributed by atoms with Crippen LogP contribution in [0.15, 0.2) is 22.7 Å². The molecular formula is C15H21N3O3. The van der Waals surface area contributed by atoms with Gasteiger partial charge < -0.3 is 19.3 Å². The second kappa shape index (κ2) is 7.08. The molecule has 2 rings (SSSR count). The van der Waals surface area contributed by atoms with E-state index in [2.05, 4.69) is 22.4 Å². The molecule has 0 radical (unpaired) electrons. The van der Waals surface area contributed by atoms with E-state index in [1.807, 2.05) is 25.2 Å². The third kappa shape index (κ3) is 3.72. The summed E-state index contributed by atoms with van der Waals surface area (Å²) in [5.74, 6) is 2.52. The minimum atomic E-state index is 0.418. The van der Waals surface area contributed by atoms with Gasteiger partial charge in [-0.15, -0.1) is 0 Å². The molecule has 114 valence electrons. The Bertz CT molecular complexity index is 583. The summed E-state index contributed by atoms with van der Waals surface area (Å²) in [6.45, 7) is 2.12.